The molecule has 40 valence electrons. The first-order chi connectivity index (χ1) is 3.39. The average Bonchev–Trinajstić information content (AvgIpc) is 1.69. The zero-order valence-corrected chi connectivity index (χ0v) is 6.00. The molecule has 0 N–H and O–H groups in total. The Labute approximate surface area is 53.4 Å². The Hall–Kier alpha value is 0.350. The normalized spacial score (nSPS) is 22.7. The van der Waals surface area contributed by atoms with Gasteiger partial charge in [0, 0.05) is 0 Å². The van der Waals surface area contributed by atoms with Crippen LogP contribution in [0.5, 0.6) is 0 Å². The van der Waals surface area contributed by atoms with Crippen molar-refractivity contribution in [2.24, 2.45) is 0 Å². The molecule has 0 nitrogen and oxygen atoms in total. The van der Waals surface area contributed by atoms with Gasteiger partial charge >= 0.3 is 0 Å². The second-order valence-electron chi connectivity index (χ2n) is 2.08. The predicted octanol–water partition coefficient (Wildman–Crippen LogP) is 2.88. The van der Waals surface area contributed by atoms with Gasteiger partial charge in [-0.15, -0.1) is 0 Å². The first-order valence-corrected chi connectivity index (χ1v) is 3.69. The van der Waals surface area contributed by atoms with Crippen LogP contribution in [0.3, 0.4) is 0 Å². The number of halogens is 1. The van der Waals surface area contributed by atoms with Crippen molar-refractivity contribution < 1.29 is 0 Å². The molecule has 1 heteroatoms. The van der Waals surface area contributed by atoms with E-state index in [4.69, 9.17) is 0 Å². The van der Waals surface area contributed by atoms with Gasteiger partial charge in [-0.2, -0.15) is 0 Å². The van der Waals surface area contributed by atoms with E-state index >= 15 is 0 Å². The zero-order valence-electron chi connectivity index (χ0n) is 4.41. The van der Waals surface area contributed by atoms with Crippen LogP contribution in [0.15, 0.2) is 0 Å². The van der Waals surface area contributed by atoms with Gasteiger partial charge in [-0.05, 0) is 19.3 Å². The quantitative estimate of drug-likeness (QED) is 0.480. The second kappa shape index (κ2) is 2.61. The maximum absolute atomic E-state index is 3.50. The summed E-state index contributed by atoms with van der Waals surface area (Å²) in [5.41, 5.74) is 0. The number of hydrogen-bond donors (Lipinski definition) is 0. The van der Waals surface area contributed by atoms with Crippen molar-refractivity contribution in [1.29, 1.82) is 0 Å². The van der Waals surface area contributed by atoms with E-state index in [1.54, 1.807) is 0 Å². The van der Waals surface area contributed by atoms with Crippen molar-refractivity contribution in [3.8, 4) is 0 Å². The molecule has 1 rings (SSSR count). The van der Waals surface area contributed by atoms with Crippen molar-refractivity contribution in [2.75, 3.05) is 0 Å². The SMILES string of the molecule is Br[C+]1CCCCC1. The van der Waals surface area contributed by atoms with Gasteiger partial charge in [0.1, 0.15) is 12.8 Å². The predicted molar refractivity (Wildman–Crippen MR) is 35.3 cm³/mol. The van der Waals surface area contributed by atoms with E-state index in [1.807, 2.05) is 0 Å². The van der Waals surface area contributed by atoms with Gasteiger partial charge < -0.3 is 0 Å². The van der Waals surface area contributed by atoms with Crippen molar-refractivity contribution >= 4 is 15.9 Å². The summed E-state index contributed by atoms with van der Waals surface area (Å²) in [6.45, 7) is 0. The average molecular weight is 162 g/mol. The summed E-state index contributed by atoms with van der Waals surface area (Å²) in [6.07, 6.45) is 6.89. The smallest absolute Gasteiger partial charge is 0.0451 e. The summed E-state index contributed by atoms with van der Waals surface area (Å²) in [4.78, 5) is 1.53. The molecular weight excluding hydrogens is 152 g/mol. The van der Waals surface area contributed by atoms with Crippen LogP contribution in [0.2, 0.25) is 0 Å². The van der Waals surface area contributed by atoms with Crippen molar-refractivity contribution in [3.05, 3.63) is 4.83 Å². The molecule has 0 aromatic heterocycles. The molecule has 0 bridgehead atoms. The van der Waals surface area contributed by atoms with E-state index in [1.165, 1.54) is 36.9 Å². The van der Waals surface area contributed by atoms with Crippen LogP contribution in [0.1, 0.15) is 32.1 Å². The highest BCUT2D eigenvalue weighted by atomic mass is 79.9. The van der Waals surface area contributed by atoms with E-state index in [9.17, 15) is 0 Å². The molecule has 0 aliphatic heterocycles. The Morgan fingerprint density at radius 2 is 1.57 bits per heavy atom. The zero-order chi connectivity index (χ0) is 5.11. The van der Waals surface area contributed by atoms with Crippen molar-refractivity contribution in [2.45, 2.75) is 32.1 Å². The Balaban J connectivity index is 2.12. The molecular formula is C6H10Br+. The summed E-state index contributed by atoms with van der Waals surface area (Å²) in [5.74, 6) is 0. The Morgan fingerprint density at radius 1 is 1.00 bits per heavy atom. The molecule has 0 radical (unpaired) electrons. The number of hydrogen-bond acceptors (Lipinski definition) is 0. The molecule has 0 aromatic carbocycles. The third-order valence-corrected chi connectivity index (χ3v) is 2.19. The third-order valence-electron chi connectivity index (χ3n) is 1.40. The van der Waals surface area contributed by atoms with Crippen LogP contribution in [0.25, 0.3) is 0 Å². The highest BCUT2D eigenvalue weighted by molar-refractivity contribution is 9.11. The summed E-state index contributed by atoms with van der Waals surface area (Å²) in [7, 11) is 0. The van der Waals surface area contributed by atoms with Gasteiger partial charge in [-0.3, -0.25) is 0 Å². The van der Waals surface area contributed by atoms with Crippen LogP contribution in [-0.4, -0.2) is 0 Å². The lowest BCUT2D eigenvalue weighted by Gasteiger charge is -2.03. The molecule has 7 heavy (non-hydrogen) atoms. The van der Waals surface area contributed by atoms with Gasteiger partial charge in [0.05, 0.1) is 0 Å². The van der Waals surface area contributed by atoms with Crippen LogP contribution in [-0.2, 0) is 0 Å². The Kier molecular flexibility index (Phi) is 2.04. The van der Waals surface area contributed by atoms with Gasteiger partial charge in [-0.25, -0.2) is 0 Å². The first kappa shape index (κ1) is 5.49. The highest BCUT2D eigenvalue weighted by Crippen LogP contribution is 2.29. The maximum Gasteiger partial charge on any atom is 0.198 e. The van der Waals surface area contributed by atoms with Crippen molar-refractivity contribution in [1.82, 2.24) is 0 Å². The van der Waals surface area contributed by atoms with Crippen molar-refractivity contribution in [3.63, 3.8) is 0 Å². The third kappa shape index (κ3) is 1.72. The lowest BCUT2D eigenvalue weighted by Crippen LogP contribution is -1.94. The van der Waals surface area contributed by atoms with Crippen LogP contribution < -0.4 is 0 Å². The fourth-order valence-electron chi connectivity index (χ4n) is 0.935. The summed E-state index contributed by atoms with van der Waals surface area (Å²) in [5, 5.41) is 0. The summed E-state index contributed by atoms with van der Waals surface area (Å²) in [6, 6.07) is 0. The topological polar surface area (TPSA) is 0 Å². The van der Waals surface area contributed by atoms with Crippen LogP contribution in [0, 0.1) is 4.83 Å². The standard InChI is InChI=1S/C6H10Br/c7-6-4-2-1-3-5-6/h1-5H2/q+1. The molecule has 0 amide bonds. The lowest BCUT2D eigenvalue weighted by atomic mass is 10.0. The molecule has 1 aliphatic carbocycles. The molecule has 1 aliphatic rings. The molecule has 0 atom stereocenters. The first-order valence-electron chi connectivity index (χ1n) is 2.90. The maximum atomic E-state index is 3.50. The molecule has 1 fully saturated rings. The molecule has 0 saturated heterocycles. The minimum Gasteiger partial charge on any atom is -0.0451 e. The largest absolute Gasteiger partial charge is 0.198 e. The molecule has 0 spiro atoms. The molecule has 0 heterocycles. The molecule has 0 aromatic rings. The monoisotopic (exact) mass is 161 g/mol. The van der Waals surface area contributed by atoms with Gasteiger partial charge in [0.25, 0.3) is 0 Å². The second-order valence-corrected chi connectivity index (χ2v) is 3.20. The Morgan fingerprint density at radius 3 is 1.86 bits per heavy atom. The van der Waals surface area contributed by atoms with E-state index in [0.717, 1.165) is 0 Å². The minimum absolute atomic E-state index is 1.32. The van der Waals surface area contributed by atoms with E-state index in [-0.39, 0.29) is 0 Å². The highest BCUT2D eigenvalue weighted by Gasteiger charge is 2.19. The molecule has 0 unspecified atom stereocenters. The van der Waals surface area contributed by atoms with Gasteiger partial charge in [0.15, 0.2) is 20.8 Å². The van der Waals surface area contributed by atoms with E-state index in [0.29, 0.717) is 0 Å². The Bertz CT molecular complexity index is 46.1. The number of rotatable bonds is 0. The van der Waals surface area contributed by atoms with E-state index < -0.39 is 0 Å². The lowest BCUT2D eigenvalue weighted by molar-refractivity contribution is 0.582. The fraction of sp³-hybridized carbons (Fsp3) is 0.833. The minimum atomic E-state index is 1.32. The van der Waals surface area contributed by atoms with E-state index in [2.05, 4.69) is 15.9 Å². The van der Waals surface area contributed by atoms with Crippen LogP contribution in [0.4, 0.5) is 0 Å². The van der Waals surface area contributed by atoms with Gasteiger partial charge in [-0.1, -0.05) is 0 Å². The summed E-state index contributed by atoms with van der Waals surface area (Å²) < 4.78 is 0. The van der Waals surface area contributed by atoms with Crippen LogP contribution >= 0.6 is 15.9 Å². The van der Waals surface area contributed by atoms with Gasteiger partial charge in [0.2, 0.25) is 0 Å². The fourth-order valence-corrected chi connectivity index (χ4v) is 1.50. The summed E-state index contributed by atoms with van der Waals surface area (Å²) >= 11 is 3.50. The molecule has 1 saturated carbocycles.